The SMILES string of the molecule is CCC(CC)C1(CNCCOC)CCC1. The Hall–Kier alpha value is -0.0800. The molecule has 0 bridgehead atoms. The Balaban J connectivity index is 2.32. The second-order valence-corrected chi connectivity index (χ2v) is 4.90. The molecule has 1 rings (SSSR count). The molecule has 0 atom stereocenters. The van der Waals surface area contributed by atoms with Crippen LogP contribution in [0.25, 0.3) is 0 Å². The van der Waals surface area contributed by atoms with Crippen LogP contribution in [-0.2, 0) is 4.74 Å². The smallest absolute Gasteiger partial charge is 0.0587 e. The molecule has 0 aromatic heterocycles. The lowest BCUT2D eigenvalue weighted by Gasteiger charge is -2.48. The molecule has 0 spiro atoms. The van der Waals surface area contributed by atoms with Crippen molar-refractivity contribution in [2.24, 2.45) is 11.3 Å². The maximum absolute atomic E-state index is 5.06. The second-order valence-electron chi connectivity index (χ2n) is 4.90. The molecule has 0 aliphatic heterocycles. The van der Waals surface area contributed by atoms with Gasteiger partial charge >= 0.3 is 0 Å². The Labute approximate surface area is 94.8 Å². The van der Waals surface area contributed by atoms with Gasteiger partial charge in [-0.25, -0.2) is 0 Å². The third-order valence-corrected chi connectivity index (χ3v) is 4.16. The summed E-state index contributed by atoms with van der Waals surface area (Å²) >= 11 is 0. The number of rotatable bonds is 8. The highest BCUT2D eigenvalue weighted by Gasteiger charge is 2.41. The first-order valence-corrected chi connectivity index (χ1v) is 6.48. The van der Waals surface area contributed by atoms with Gasteiger partial charge in [0.1, 0.15) is 0 Å². The van der Waals surface area contributed by atoms with Crippen LogP contribution in [0.5, 0.6) is 0 Å². The fourth-order valence-corrected chi connectivity index (χ4v) is 3.03. The van der Waals surface area contributed by atoms with Gasteiger partial charge < -0.3 is 10.1 Å². The average Bonchev–Trinajstić information content (AvgIpc) is 2.20. The zero-order valence-electron chi connectivity index (χ0n) is 10.6. The fourth-order valence-electron chi connectivity index (χ4n) is 3.03. The minimum absolute atomic E-state index is 0.622. The van der Waals surface area contributed by atoms with Gasteiger partial charge in [-0.3, -0.25) is 0 Å². The molecule has 15 heavy (non-hydrogen) atoms. The predicted octanol–water partition coefficient (Wildman–Crippen LogP) is 2.83. The number of ether oxygens (including phenoxy) is 1. The highest BCUT2D eigenvalue weighted by atomic mass is 16.5. The summed E-state index contributed by atoms with van der Waals surface area (Å²) in [5.74, 6) is 0.918. The molecule has 0 saturated heterocycles. The zero-order chi connectivity index (χ0) is 11.1. The van der Waals surface area contributed by atoms with E-state index in [1.54, 1.807) is 7.11 Å². The lowest BCUT2D eigenvalue weighted by Crippen LogP contribution is -2.46. The molecule has 0 unspecified atom stereocenters. The van der Waals surface area contributed by atoms with E-state index in [0.717, 1.165) is 19.1 Å². The molecular formula is C13H27NO. The lowest BCUT2D eigenvalue weighted by atomic mass is 9.59. The Morgan fingerprint density at radius 1 is 1.27 bits per heavy atom. The third-order valence-electron chi connectivity index (χ3n) is 4.16. The monoisotopic (exact) mass is 213 g/mol. The normalized spacial score (nSPS) is 19.2. The standard InChI is InChI=1S/C13H27NO/c1-4-12(5-2)13(7-6-8-13)11-14-9-10-15-3/h12,14H,4-11H2,1-3H3. The van der Waals surface area contributed by atoms with Gasteiger partial charge in [0, 0.05) is 20.2 Å². The molecule has 1 aliphatic carbocycles. The van der Waals surface area contributed by atoms with Crippen molar-refractivity contribution in [2.45, 2.75) is 46.0 Å². The van der Waals surface area contributed by atoms with Gasteiger partial charge in [-0.1, -0.05) is 33.1 Å². The largest absolute Gasteiger partial charge is 0.383 e. The van der Waals surface area contributed by atoms with Crippen LogP contribution < -0.4 is 5.32 Å². The minimum Gasteiger partial charge on any atom is -0.383 e. The Morgan fingerprint density at radius 2 is 1.93 bits per heavy atom. The van der Waals surface area contributed by atoms with Crippen molar-refractivity contribution in [3.63, 3.8) is 0 Å². The maximum atomic E-state index is 5.06. The van der Waals surface area contributed by atoms with Crippen molar-refractivity contribution in [1.29, 1.82) is 0 Å². The molecule has 1 saturated carbocycles. The van der Waals surface area contributed by atoms with Gasteiger partial charge in [0.05, 0.1) is 6.61 Å². The van der Waals surface area contributed by atoms with E-state index in [1.807, 2.05) is 0 Å². The fraction of sp³-hybridized carbons (Fsp3) is 1.00. The third kappa shape index (κ3) is 3.18. The topological polar surface area (TPSA) is 21.3 Å². The molecule has 1 fully saturated rings. The van der Waals surface area contributed by atoms with Gasteiger partial charge in [0.15, 0.2) is 0 Å². The summed E-state index contributed by atoms with van der Waals surface area (Å²) in [7, 11) is 1.77. The summed E-state index contributed by atoms with van der Waals surface area (Å²) in [5.41, 5.74) is 0.622. The number of nitrogens with one attached hydrogen (secondary N) is 1. The number of methoxy groups -OCH3 is 1. The first kappa shape index (κ1) is 13.0. The van der Waals surface area contributed by atoms with Crippen LogP contribution in [0.4, 0.5) is 0 Å². The first-order valence-electron chi connectivity index (χ1n) is 6.48. The summed E-state index contributed by atoms with van der Waals surface area (Å²) in [6, 6.07) is 0. The Kier molecular flexibility index (Phi) is 5.62. The Bertz CT molecular complexity index is 162. The highest BCUT2D eigenvalue weighted by molar-refractivity contribution is 4.94. The van der Waals surface area contributed by atoms with Gasteiger partial charge in [0.2, 0.25) is 0 Å². The number of hydrogen-bond acceptors (Lipinski definition) is 2. The summed E-state index contributed by atoms with van der Waals surface area (Å²) in [6.07, 6.45) is 6.96. The van der Waals surface area contributed by atoms with Crippen LogP contribution in [0.3, 0.4) is 0 Å². The Morgan fingerprint density at radius 3 is 2.33 bits per heavy atom. The van der Waals surface area contributed by atoms with Gasteiger partial charge in [-0.15, -0.1) is 0 Å². The molecule has 1 N–H and O–H groups in total. The molecular weight excluding hydrogens is 186 g/mol. The molecule has 0 aromatic carbocycles. The van der Waals surface area contributed by atoms with E-state index in [1.165, 1.54) is 38.6 Å². The van der Waals surface area contributed by atoms with Crippen LogP contribution in [0, 0.1) is 11.3 Å². The van der Waals surface area contributed by atoms with E-state index in [-0.39, 0.29) is 0 Å². The molecule has 0 aromatic rings. The van der Waals surface area contributed by atoms with Crippen LogP contribution >= 0.6 is 0 Å². The van der Waals surface area contributed by atoms with Crippen LogP contribution in [0.1, 0.15) is 46.0 Å². The van der Waals surface area contributed by atoms with Crippen LogP contribution in [0.15, 0.2) is 0 Å². The van der Waals surface area contributed by atoms with Crippen molar-refractivity contribution in [1.82, 2.24) is 5.32 Å². The molecule has 90 valence electrons. The van der Waals surface area contributed by atoms with Crippen molar-refractivity contribution < 1.29 is 4.74 Å². The number of hydrogen-bond donors (Lipinski definition) is 1. The van der Waals surface area contributed by atoms with Crippen LogP contribution in [0.2, 0.25) is 0 Å². The first-order chi connectivity index (χ1) is 7.29. The van der Waals surface area contributed by atoms with Gasteiger partial charge in [0.25, 0.3) is 0 Å². The summed E-state index contributed by atoms with van der Waals surface area (Å²) in [4.78, 5) is 0. The van der Waals surface area contributed by atoms with Crippen LogP contribution in [-0.4, -0.2) is 26.8 Å². The summed E-state index contributed by atoms with van der Waals surface area (Å²) in [6.45, 7) is 7.70. The summed E-state index contributed by atoms with van der Waals surface area (Å²) in [5, 5.41) is 3.55. The quantitative estimate of drug-likeness (QED) is 0.626. The second kappa shape index (κ2) is 6.49. The van der Waals surface area contributed by atoms with Crippen molar-refractivity contribution in [3.8, 4) is 0 Å². The molecule has 0 radical (unpaired) electrons. The average molecular weight is 213 g/mol. The molecule has 2 heteroatoms. The van der Waals surface area contributed by atoms with E-state index in [4.69, 9.17) is 4.74 Å². The van der Waals surface area contributed by atoms with Crippen molar-refractivity contribution in [3.05, 3.63) is 0 Å². The maximum Gasteiger partial charge on any atom is 0.0587 e. The van der Waals surface area contributed by atoms with E-state index in [9.17, 15) is 0 Å². The molecule has 0 amide bonds. The van der Waals surface area contributed by atoms with E-state index < -0.39 is 0 Å². The zero-order valence-corrected chi connectivity index (χ0v) is 10.6. The lowest BCUT2D eigenvalue weighted by molar-refractivity contribution is 0.0413. The summed E-state index contributed by atoms with van der Waals surface area (Å²) < 4.78 is 5.06. The van der Waals surface area contributed by atoms with Crippen molar-refractivity contribution in [2.75, 3.05) is 26.8 Å². The predicted molar refractivity (Wildman–Crippen MR) is 65.1 cm³/mol. The molecule has 2 nitrogen and oxygen atoms in total. The van der Waals surface area contributed by atoms with E-state index in [0.29, 0.717) is 5.41 Å². The van der Waals surface area contributed by atoms with E-state index in [2.05, 4.69) is 19.2 Å². The van der Waals surface area contributed by atoms with Crippen molar-refractivity contribution >= 4 is 0 Å². The van der Waals surface area contributed by atoms with Gasteiger partial charge in [-0.2, -0.15) is 0 Å². The van der Waals surface area contributed by atoms with E-state index >= 15 is 0 Å². The van der Waals surface area contributed by atoms with Gasteiger partial charge in [-0.05, 0) is 24.2 Å². The molecule has 0 heterocycles. The highest BCUT2D eigenvalue weighted by Crippen LogP contribution is 2.49. The molecule has 1 aliphatic rings. The minimum atomic E-state index is 0.622.